The smallest absolute Gasteiger partial charge is 0.323 e. The maximum atomic E-state index is 14.2. The Hall–Kier alpha value is -3.91. The van der Waals surface area contributed by atoms with Gasteiger partial charge in [0.05, 0.1) is 10.4 Å². The SMILES string of the molecule is Cc1c(Cc2cc3ccccc3n2S(=O)(=O)c2ccccc2)c2cc(F)ccc2n1CC(=O)O. The highest BCUT2D eigenvalue weighted by molar-refractivity contribution is 7.90. The lowest BCUT2D eigenvalue weighted by atomic mass is 10.1. The van der Waals surface area contributed by atoms with Gasteiger partial charge in [-0.15, -0.1) is 0 Å². The Balaban J connectivity index is 1.75. The minimum atomic E-state index is -3.92. The molecule has 34 heavy (non-hydrogen) atoms. The number of carboxylic acid groups (broad SMARTS) is 1. The van der Waals surface area contributed by atoms with Gasteiger partial charge in [0.25, 0.3) is 10.0 Å². The second kappa shape index (κ2) is 8.14. The average molecular weight is 477 g/mol. The quantitative estimate of drug-likeness (QED) is 0.376. The molecule has 3 aromatic carbocycles. The molecule has 0 spiro atoms. The number of hydrogen-bond donors (Lipinski definition) is 1. The first-order chi connectivity index (χ1) is 16.3. The largest absolute Gasteiger partial charge is 0.480 e. The van der Waals surface area contributed by atoms with Crippen LogP contribution in [0.3, 0.4) is 0 Å². The molecule has 2 aromatic heterocycles. The molecule has 0 bridgehead atoms. The van der Waals surface area contributed by atoms with Crippen molar-refractivity contribution < 1.29 is 22.7 Å². The zero-order valence-electron chi connectivity index (χ0n) is 18.3. The van der Waals surface area contributed by atoms with Crippen molar-refractivity contribution in [3.05, 3.63) is 102 Å². The summed E-state index contributed by atoms with van der Waals surface area (Å²) in [5.74, 6) is -1.46. The third-order valence-corrected chi connectivity index (χ3v) is 7.87. The van der Waals surface area contributed by atoms with Crippen molar-refractivity contribution in [2.45, 2.75) is 24.8 Å². The lowest BCUT2D eigenvalue weighted by Gasteiger charge is -2.13. The average Bonchev–Trinajstić information content (AvgIpc) is 3.30. The summed E-state index contributed by atoms with van der Waals surface area (Å²) < 4.78 is 44.5. The van der Waals surface area contributed by atoms with E-state index in [1.54, 1.807) is 60.0 Å². The fraction of sp³-hybridized carbons (Fsp3) is 0.115. The van der Waals surface area contributed by atoms with Crippen LogP contribution in [0.25, 0.3) is 21.8 Å². The molecular formula is C26H21FN2O4S. The van der Waals surface area contributed by atoms with E-state index in [4.69, 9.17) is 0 Å². The van der Waals surface area contributed by atoms with Crippen molar-refractivity contribution in [1.29, 1.82) is 0 Å². The summed E-state index contributed by atoms with van der Waals surface area (Å²) in [5, 5.41) is 10.7. The van der Waals surface area contributed by atoms with Gasteiger partial charge in [-0.05, 0) is 55.0 Å². The van der Waals surface area contributed by atoms with Gasteiger partial charge < -0.3 is 9.67 Å². The van der Waals surface area contributed by atoms with E-state index in [0.717, 1.165) is 5.39 Å². The molecule has 0 aliphatic heterocycles. The molecule has 0 unspecified atom stereocenters. The third-order valence-electron chi connectivity index (χ3n) is 6.09. The zero-order valence-corrected chi connectivity index (χ0v) is 19.1. The van der Waals surface area contributed by atoms with E-state index in [9.17, 15) is 22.7 Å². The van der Waals surface area contributed by atoms with Gasteiger partial charge in [-0.25, -0.2) is 16.8 Å². The van der Waals surface area contributed by atoms with Crippen LogP contribution in [0.1, 0.15) is 17.0 Å². The van der Waals surface area contributed by atoms with E-state index >= 15 is 0 Å². The Kier molecular flexibility index (Phi) is 5.25. The second-order valence-corrected chi connectivity index (χ2v) is 9.95. The lowest BCUT2D eigenvalue weighted by molar-refractivity contribution is -0.137. The molecule has 0 fully saturated rings. The summed E-state index contributed by atoms with van der Waals surface area (Å²) >= 11 is 0. The Bertz CT molecular complexity index is 1670. The molecule has 5 aromatic rings. The van der Waals surface area contributed by atoms with Gasteiger partial charge in [0.15, 0.2) is 0 Å². The first kappa shape index (κ1) is 21.9. The van der Waals surface area contributed by atoms with Gasteiger partial charge >= 0.3 is 5.97 Å². The topological polar surface area (TPSA) is 81.3 Å². The Morgan fingerprint density at radius 2 is 1.65 bits per heavy atom. The Morgan fingerprint density at radius 3 is 2.38 bits per heavy atom. The number of benzene rings is 3. The monoisotopic (exact) mass is 476 g/mol. The molecule has 1 N–H and O–H groups in total. The number of hydrogen-bond acceptors (Lipinski definition) is 3. The number of rotatable bonds is 6. The molecule has 0 aliphatic rings. The number of fused-ring (bicyclic) bond motifs is 2. The maximum absolute atomic E-state index is 14.2. The first-order valence-electron chi connectivity index (χ1n) is 10.7. The van der Waals surface area contributed by atoms with Crippen molar-refractivity contribution >= 4 is 37.8 Å². The van der Waals surface area contributed by atoms with E-state index in [2.05, 4.69) is 0 Å². The molecule has 0 atom stereocenters. The zero-order chi connectivity index (χ0) is 24.0. The van der Waals surface area contributed by atoms with Crippen molar-refractivity contribution in [3.63, 3.8) is 0 Å². The molecule has 5 rings (SSSR count). The van der Waals surface area contributed by atoms with Gasteiger partial charge in [0.1, 0.15) is 12.4 Å². The number of para-hydroxylation sites is 1. The fourth-order valence-electron chi connectivity index (χ4n) is 4.56. The van der Waals surface area contributed by atoms with Crippen LogP contribution < -0.4 is 0 Å². The molecule has 0 aliphatic carbocycles. The van der Waals surface area contributed by atoms with Gasteiger partial charge in [-0.3, -0.25) is 4.79 Å². The van der Waals surface area contributed by atoms with Crippen LogP contribution in [-0.4, -0.2) is 28.0 Å². The lowest BCUT2D eigenvalue weighted by Crippen LogP contribution is -2.16. The number of aliphatic carboxylic acids is 1. The number of halogens is 1. The van der Waals surface area contributed by atoms with Crippen LogP contribution in [0.2, 0.25) is 0 Å². The maximum Gasteiger partial charge on any atom is 0.323 e. The predicted octanol–water partition coefficient (Wildman–Crippen LogP) is 4.96. The van der Waals surface area contributed by atoms with Crippen LogP contribution in [-0.2, 0) is 27.8 Å². The molecule has 0 amide bonds. The molecule has 6 nitrogen and oxygen atoms in total. The summed E-state index contributed by atoms with van der Waals surface area (Å²) in [5.41, 5.74) is 2.97. The molecule has 172 valence electrons. The minimum absolute atomic E-state index is 0.161. The minimum Gasteiger partial charge on any atom is -0.480 e. The molecule has 0 saturated heterocycles. The Morgan fingerprint density at radius 1 is 0.941 bits per heavy atom. The summed E-state index contributed by atoms with van der Waals surface area (Å²) in [4.78, 5) is 11.6. The highest BCUT2D eigenvalue weighted by Gasteiger charge is 2.25. The van der Waals surface area contributed by atoms with Crippen molar-refractivity contribution in [2.75, 3.05) is 0 Å². The van der Waals surface area contributed by atoms with Crippen LogP contribution in [0, 0.1) is 12.7 Å². The first-order valence-corrected chi connectivity index (χ1v) is 12.1. The van der Waals surface area contributed by atoms with Gasteiger partial charge in [0.2, 0.25) is 0 Å². The molecule has 0 saturated carbocycles. The van der Waals surface area contributed by atoms with E-state index in [-0.39, 0.29) is 17.9 Å². The number of carbonyl (C=O) groups is 1. The highest BCUT2D eigenvalue weighted by Crippen LogP contribution is 2.32. The predicted molar refractivity (Wildman–Crippen MR) is 128 cm³/mol. The van der Waals surface area contributed by atoms with E-state index in [1.807, 2.05) is 18.2 Å². The van der Waals surface area contributed by atoms with E-state index in [1.165, 1.54) is 16.1 Å². The van der Waals surface area contributed by atoms with Gasteiger partial charge in [0, 0.05) is 34.1 Å². The van der Waals surface area contributed by atoms with Crippen molar-refractivity contribution in [1.82, 2.24) is 8.54 Å². The Labute approximate surface area is 195 Å². The summed E-state index contributed by atoms with van der Waals surface area (Å²) in [7, 11) is -3.92. The highest BCUT2D eigenvalue weighted by atomic mass is 32.2. The van der Waals surface area contributed by atoms with Gasteiger partial charge in [-0.2, -0.15) is 0 Å². The normalized spacial score (nSPS) is 11.9. The molecular weight excluding hydrogens is 455 g/mol. The van der Waals surface area contributed by atoms with Crippen LogP contribution >= 0.6 is 0 Å². The fourth-order valence-corrected chi connectivity index (χ4v) is 6.12. The van der Waals surface area contributed by atoms with Crippen molar-refractivity contribution in [2.24, 2.45) is 0 Å². The number of carboxylic acids is 1. The van der Waals surface area contributed by atoms with Crippen molar-refractivity contribution in [3.8, 4) is 0 Å². The molecule has 0 radical (unpaired) electrons. The van der Waals surface area contributed by atoms with E-state index < -0.39 is 21.8 Å². The standard InChI is InChI=1S/C26H21FN2O4S/c1-17-22(23-14-19(27)11-12-25(23)28(17)16-26(30)31)15-20-13-18-7-5-6-10-24(18)29(20)34(32,33)21-8-3-2-4-9-21/h2-14H,15-16H2,1H3,(H,30,31). The van der Waals surface area contributed by atoms with E-state index in [0.29, 0.717) is 33.4 Å². The summed E-state index contributed by atoms with van der Waals surface area (Å²) in [6.07, 6.45) is 0.180. The molecule has 2 heterocycles. The summed E-state index contributed by atoms with van der Waals surface area (Å²) in [6.45, 7) is 1.49. The third kappa shape index (κ3) is 3.56. The van der Waals surface area contributed by atoms with Crippen LogP contribution in [0.4, 0.5) is 4.39 Å². The number of nitrogens with zero attached hydrogens (tertiary/aromatic N) is 2. The molecule has 8 heteroatoms. The van der Waals surface area contributed by atoms with Crippen LogP contribution in [0.5, 0.6) is 0 Å². The number of aromatic nitrogens is 2. The van der Waals surface area contributed by atoms with Gasteiger partial charge in [-0.1, -0.05) is 36.4 Å². The second-order valence-electron chi connectivity index (χ2n) is 8.16. The van der Waals surface area contributed by atoms with Crippen LogP contribution in [0.15, 0.2) is 83.8 Å². The summed E-state index contributed by atoms with van der Waals surface area (Å²) in [6, 6.07) is 21.4.